The standard InChI is InChI=1S/C15H21NO3/c1-15(2,3)19-11-14(17)16-8-9-18-13-7-5-4-6-12(13)10-16/h4-7H,8-11H2,1-3H3. The summed E-state index contributed by atoms with van der Waals surface area (Å²) in [6.07, 6.45) is 0. The molecule has 0 saturated heterocycles. The predicted molar refractivity (Wildman–Crippen MR) is 73.1 cm³/mol. The van der Waals surface area contributed by atoms with Gasteiger partial charge in [0.1, 0.15) is 19.0 Å². The number of rotatable bonds is 2. The predicted octanol–water partition coefficient (Wildman–Crippen LogP) is 2.22. The molecule has 1 aromatic carbocycles. The molecule has 1 aliphatic rings. The maximum absolute atomic E-state index is 12.2. The molecule has 4 nitrogen and oxygen atoms in total. The molecule has 1 aromatic rings. The monoisotopic (exact) mass is 263 g/mol. The lowest BCUT2D eigenvalue weighted by Crippen LogP contribution is -2.37. The third-order valence-corrected chi connectivity index (χ3v) is 2.93. The maximum atomic E-state index is 12.2. The van der Waals surface area contributed by atoms with Gasteiger partial charge in [-0.1, -0.05) is 18.2 Å². The molecular weight excluding hydrogens is 242 g/mol. The number of fused-ring (bicyclic) bond motifs is 1. The molecule has 0 spiro atoms. The first-order valence-corrected chi connectivity index (χ1v) is 6.58. The van der Waals surface area contributed by atoms with Crippen LogP contribution in [-0.4, -0.2) is 36.2 Å². The van der Waals surface area contributed by atoms with Gasteiger partial charge in [-0.2, -0.15) is 0 Å². The molecule has 1 amide bonds. The van der Waals surface area contributed by atoms with Crippen LogP contribution in [0.25, 0.3) is 0 Å². The number of carbonyl (C=O) groups is 1. The molecule has 4 heteroatoms. The van der Waals surface area contributed by atoms with Crippen LogP contribution < -0.4 is 4.74 Å². The topological polar surface area (TPSA) is 38.8 Å². The highest BCUT2D eigenvalue weighted by Gasteiger charge is 2.21. The minimum Gasteiger partial charge on any atom is -0.491 e. The van der Waals surface area contributed by atoms with Crippen molar-refractivity contribution in [3.05, 3.63) is 29.8 Å². The summed E-state index contributed by atoms with van der Waals surface area (Å²) in [4.78, 5) is 13.9. The molecule has 0 radical (unpaired) electrons. The van der Waals surface area contributed by atoms with E-state index in [4.69, 9.17) is 9.47 Å². The van der Waals surface area contributed by atoms with E-state index in [1.807, 2.05) is 45.0 Å². The summed E-state index contributed by atoms with van der Waals surface area (Å²) in [7, 11) is 0. The van der Waals surface area contributed by atoms with E-state index in [1.54, 1.807) is 4.90 Å². The van der Waals surface area contributed by atoms with E-state index >= 15 is 0 Å². The summed E-state index contributed by atoms with van der Waals surface area (Å²) in [5, 5.41) is 0. The quantitative estimate of drug-likeness (QED) is 0.821. The van der Waals surface area contributed by atoms with Gasteiger partial charge >= 0.3 is 0 Å². The molecule has 2 rings (SSSR count). The summed E-state index contributed by atoms with van der Waals surface area (Å²) in [6.45, 7) is 7.66. The van der Waals surface area contributed by atoms with Gasteiger partial charge in [0.15, 0.2) is 0 Å². The second-order valence-electron chi connectivity index (χ2n) is 5.67. The second-order valence-corrected chi connectivity index (χ2v) is 5.67. The summed E-state index contributed by atoms with van der Waals surface area (Å²) in [6, 6.07) is 7.83. The van der Waals surface area contributed by atoms with Crippen LogP contribution in [0.1, 0.15) is 26.3 Å². The number of ether oxygens (including phenoxy) is 2. The van der Waals surface area contributed by atoms with Crippen molar-refractivity contribution in [2.45, 2.75) is 32.9 Å². The van der Waals surface area contributed by atoms with Gasteiger partial charge in [-0.05, 0) is 26.8 Å². The van der Waals surface area contributed by atoms with Crippen LogP contribution in [0, 0.1) is 0 Å². The van der Waals surface area contributed by atoms with Crippen LogP contribution in [0.3, 0.4) is 0 Å². The number of hydrogen-bond donors (Lipinski definition) is 0. The van der Waals surface area contributed by atoms with Crippen molar-refractivity contribution in [3.63, 3.8) is 0 Å². The summed E-state index contributed by atoms with van der Waals surface area (Å²) < 4.78 is 11.2. The molecule has 0 atom stereocenters. The zero-order chi connectivity index (χ0) is 13.9. The zero-order valence-corrected chi connectivity index (χ0v) is 11.8. The third kappa shape index (κ3) is 3.96. The number of hydrogen-bond acceptors (Lipinski definition) is 3. The lowest BCUT2D eigenvalue weighted by Gasteiger charge is -2.24. The number of nitrogens with zero attached hydrogens (tertiary/aromatic N) is 1. The van der Waals surface area contributed by atoms with Gasteiger partial charge < -0.3 is 14.4 Å². The van der Waals surface area contributed by atoms with E-state index < -0.39 is 0 Å². The van der Waals surface area contributed by atoms with E-state index in [0.29, 0.717) is 19.7 Å². The Morgan fingerprint density at radius 3 is 2.84 bits per heavy atom. The largest absolute Gasteiger partial charge is 0.491 e. The lowest BCUT2D eigenvalue weighted by atomic mass is 10.2. The van der Waals surface area contributed by atoms with E-state index in [9.17, 15) is 4.79 Å². The molecule has 1 heterocycles. The van der Waals surface area contributed by atoms with Crippen LogP contribution in [0.5, 0.6) is 5.75 Å². The molecule has 19 heavy (non-hydrogen) atoms. The van der Waals surface area contributed by atoms with Crippen molar-refractivity contribution < 1.29 is 14.3 Å². The van der Waals surface area contributed by atoms with Crippen molar-refractivity contribution in [2.75, 3.05) is 19.8 Å². The molecule has 0 fully saturated rings. The Hall–Kier alpha value is -1.55. The average Bonchev–Trinajstić information content (AvgIpc) is 2.57. The van der Waals surface area contributed by atoms with E-state index in [-0.39, 0.29) is 18.1 Å². The lowest BCUT2D eigenvalue weighted by molar-refractivity contribution is -0.141. The minimum atomic E-state index is -0.296. The Morgan fingerprint density at radius 1 is 1.37 bits per heavy atom. The van der Waals surface area contributed by atoms with Crippen LogP contribution >= 0.6 is 0 Å². The fourth-order valence-electron chi connectivity index (χ4n) is 1.91. The fraction of sp³-hybridized carbons (Fsp3) is 0.533. The van der Waals surface area contributed by atoms with Crippen LogP contribution in [0.4, 0.5) is 0 Å². The van der Waals surface area contributed by atoms with Gasteiger partial charge in [0.05, 0.1) is 12.1 Å². The highest BCUT2D eigenvalue weighted by atomic mass is 16.5. The first kappa shape index (κ1) is 13.9. The van der Waals surface area contributed by atoms with E-state index in [2.05, 4.69) is 0 Å². The Morgan fingerprint density at radius 2 is 2.11 bits per heavy atom. The molecule has 0 aliphatic carbocycles. The number of para-hydroxylation sites is 1. The van der Waals surface area contributed by atoms with Gasteiger partial charge in [0.2, 0.25) is 5.91 Å². The summed E-state index contributed by atoms with van der Waals surface area (Å²) in [5.41, 5.74) is 0.750. The number of amides is 1. The van der Waals surface area contributed by atoms with E-state index in [1.165, 1.54) is 0 Å². The molecule has 0 N–H and O–H groups in total. The minimum absolute atomic E-state index is 0.00947. The van der Waals surface area contributed by atoms with E-state index in [0.717, 1.165) is 11.3 Å². The molecule has 0 unspecified atom stereocenters. The molecule has 0 aromatic heterocycles. The van der Waals surface area contributed by atoms with Crippen molar-refractivity contribution in [3.8, 4) is 5.75 Å². The van der Waals surface area contributed by atoms with Crippen molar-refractivity contribution in [1.29, 1.82) is 0 Å². The van der Waals surface area contributed by atoms with Crippen molar-refractivity contribution in [1.82, 2.24) is 4.90 Å². The van der Waals surface area contributed by atoms with Crippen molar-refractivity contribution >= 4 is 5.91 Å². The second kappa shape index (κ2) is 5.61. The highest BCUT2D eigenvalue weighted by Crippen LogP contribution is 2.22. The normalized spacial score (nSPS) is 15.4. The zero-order valence-electron chi connectivity index (χ0n) is 11.8. The third-order valence-electron chi connectivity index (χ3n) is 2.93. The summed E-state index contributed by atoms with van der Waals surface area (Å²) in [5.74, 6) is 0.879. The number of benzene rings is 1. The summed E-state index contributed by atoms with van der Waals surface area (Å²) >= 11 is 0. The first-order chi connectivity index (χ1) is 8.96. The molecule has 1 aliphatic heterocycles. The molecule has 0 bridgehead atoms. The van der Waals surface area contributed by atoms with Gasteiger partial charge in [0.25, 0.3) is 0 Å². The molecular formula is C15H21NO3. The average molecular weight is 263 g/mol. The van der Waals surface area contributed by atoms with Gasteiger partial charge in [-0.15, -0.1) is 0 Å². The van der Waals surface area contributed by atoms with Gasteiger partial charge in [0, 0.05) is 12.1 Å². The van der Waals surface area contributed by atoms with Crippen molar-refractivity contribution in [2.24, 2.45) is 0 Å². The Kier molecular flexibility index (Phi) is 4.10. The fourth-order valence-corrected chi connectivity index (χ4v) is 1.91. The molecule has 104 valence electrons. The Labute approximate surface area is 114 Å². The Bertz CT molecular complexity index is 451. The first-order valence-electron chi connectivity index (χ1n) is 6.58. The Balaban J connectivity index is 2.00. The van der Waals surface area contributed by atoms with Crippen LogP contribution in [0.15, 0.2) is 24.3 Å². The van der Waals surface area contributed by atoms with Crippen LogP contribution in [0.2, 0.25) is 0 Å². The maximum Gasteiger partial charge on any atom is 0.249 e. The van der Waals surface area contributed by atoms with Crippen LogP contribution in [-0.2, 0) is 16.1 Å². The smallest absolute Gasteiger partial charge is 0.249 e. The van der Waals surface area contributed by atoms with Gasteiger partial charge in [-0.3, -0.25) is 4.79 Å². The SMILES string of the molecule is CC(C)(C)OCC(=O)N1CCOc2ccccc2C1. The highest BCUT2D eigenvalue weighted by molar-refractivity contribution is 5.77. The van der Waals surface area contributed by atoms with Gasteiger partial charge in [-0.25, -0.2) is 0 Å². The number of carbonyl (C=O) groups excluding carboxylic acids is 1. The molecule has 0 saturated carbocycles.